The van der Waals surface area contributed by atoms with Crippen molar-refractivity contribution >= 4 is 0 Å². The maximum atomic E-state index is 10.4. The number of hydrogen-bond acceptors (Lipinski definition) is 3. The fraction of sp³-hybridized carbons (Fsp3) is 0.333. The van der Waals surface area contributed by atoms with E-state index in [1.807, 2.05) is 31.2 Å². The normalized spacial score (nSPS) is 15.9. The Morgan fingerprint density at radius 1 is 1.28 bits per heavy atom. The average molecular weight is 244 g/mol. The Morgan fingerprint density at radius 3 is 2.94 bits per heavy atom. The van der Waals surface area contributed by atoms with Gasteiger partial charge >= 0.3 is 0 Å². The van der Waals surface area contributed by atoms with Crippen LogP contribution in [0.5, 0.6) is 5.75 Å². The largest absolute Gasteiger partial charge is 0.493 e. The van der Waals surface area contributed by atoms with Gasteiger partial charge in [0, 0.05) is 5.56 Å². The molecule has 0 saturated heterocycles. The lowest BCUT2D eigenvalue weighted by Gasteiger charge is -2.19. The van der Waals surface area contributed by atoms with Crippen LogP contribution in [-0.4, -0.2) is 11.7 Å². The first-order valence-corrected chi connectivity index (χ1v) is 6.23. The molecule has 1 aliphatic rings. The van der Waals surface area contributed by atoms with Crippen LogP contribution in [0, 0.1) is 6.92 Å². The lowest BCUT2D eigenvalue weighted by molar-refractivity contribution is 0.217. The van der Waals surface area contributed by atoms with Crippen LogP contribution < -0.4 is 4.74 Å². The van der Waals surface area contributed by atoms with Crippen LogP contribution in [0.1, 0.15) is 35.0 Å². The van der Waals surface area contributed by atoms with Gasteiger partial charge in [-0.05, 0) is 49.1 Å². The van der Waals surface area contributed by atoms with Crippen LogP contribution in [0.25, 0.3) is 0 Å². The first-order valence-electron chi connectivity index (χ1n) is 6.23. The van der Waals surface area contributed by atoms with Crippen LogP contribution in [0.3, 0.4) is 0 Å². The van der Waals surface area contributed by atoms with Gasteiger partial charge in [0.05, 0.1) is 12.9 Å². The summed E-state index contributed by atoms with van der Waals surface area (Å²) in [6.45, 7) is 2.65. The number of furan rings is 1. The van der Waals surface area contributed by atoms with Crippen molar-refractivity contribution in [3.8, 4) is 5.75 Å². The van der Waals surface area contributed by atoms with Crippen LogP contribution in [0.2, 0.25) is 0 Å². The van der Waals surface area contributed by atoms with Crippen molar-refractivity contribution in [3.05, 3.63) is 53.0 Å². The molecule has 0 saturated carbocycles. The van der Waals surface area contributed by atoms with Gasteiger partial charge in [0.25, 0.3) is 0 Å². The third-order valence-electron chi connectivity index (χ3n) is 3.44. The van der Waals surface area contributed by atoms with Gasteiger partial charge in [0.1, 0.15) is 17.6 Å². The van der Waals surface area contributed by atoms with Crippen LogP contribution >= 0.6 is 0 Å². The molecular formula is C15H16O3. The minimum absolute atomic E-state index is 0.629. The zero-order valence-corrected chi connectivity index (χ0v) is 10.3. The van der Waals surface area contributed by atoms with Gasteiger partial charge in [-0.3, -0.25) is 0 Å². The molecule has 1 atom stereocenters. The van der Waals surface area contributed by atoms with Crippen molar-refractivity contribution < 1.29 is 14.3 Å². The van der Waals surface area contributed by atoms with Gasteiger partial charge in [-0.2, -0.15) is 0 Å². The number of hydrogen-bond donors (Lipinski definition) is 1. The van der Waals surface area contributed by atoms with Gasteiger partial charge in [0.15, 0.2) is 0 Å². The molecule has 94 valence electrons. The van der Waals surface area contributed by atoms with Crippen molar-refractivity contribution in [2.45, 2.75) is 25.9 Å². The van der Waals surface area contributed by atoms with E-state index in [1.165, 1.54) is 5.56 Å². The zero-order valence-electron chi connectivity index (χ0n) is 10.3. The molecule has 0 spiro atoms. The van der Waals surface area contributed by atoms with Crippen molar-refractivity contribution in [2.24, 2.45) is 0 Å². The van der Waals surface area contributed by atoms with E-state index in [2.05, 4.69) is 0 Å². The molecule has 1 N–H and O–H groups in total. The molecule has 3 nitrogen and oxygen atoms in total. The Morgan fingerprint density at radius 2 is 2.17 bits per heavy atom. The van der Waals surface area contributed by atoms with Crippen molar-refractivity contribution in [1.29, 1.82) is 0 Å². The molecule has 1 aromatic heterocycles. The van der Waals surface area contributed by atoms with E-state index in [9.17, 15) is 5.11 Å². The molecule has 1 aliphatic heterocycles. The third-order valence-corrected chi connectivity index (χ3v) is 3.44. The molecule has 1 unspecified atom stereocenters. The number of aliphatic hydroxyl groups excluding tert-OH is 1. The fourth-order valence-corrected chi connectivity index (χ4v) is 2.41. The first-order chi connectivity index (χ1) is 8.75. The summed E-state index contributed by atoms with van der Waals surface area (Å²) in [5, 5.41) is 10.4. The molecule has 3 heteroatoms. The van der Waals surface area contributed by atoms with Crippen LogP contribution in [-0.2, 0) is 6.42 Å². The highest BCUT2D eigenvalue weighted by molar-refractivity contribution is 5.41. The maximum absolute atomic E-state index is 10.4. The number of rotatable bonds is 2. The highest BCUT2D eigenvalue weighted by atomic mass is 16.5. The van der Waals surface area contributed by atoms with Gasteiger partial charge in [0.2, 0.25) is 0 Å². The van der Waals surface area contributed by atoms with Crippen LogP contribution in [0.4, 0.5) is 0 Å². The quantitative estimate of drug-likeness (QED) is 0.883. The van der Waals surface area contributed by atoms with Crippen LogP contribution in [0.15, 0.2) is 34.9 Å². The summed E-state index contributed by atoms with van der Waals surface area (Å²) in [6, 6.07) is 7.71. The predicted octanol–water partition coefficient (Wildman–Crippen LogP) is 2.99. The van der Waals surface area contributed by atoms with Crippen molar-refractivity contribution in [2.75, 3.05) is 6.61 Å². The summed E-state index contributed by atoms with van der Waals surface area (Å²) in [7, 11) is 0. The summed E-state index contributed by atoms with van der Waals surface area (Å²) in [5.41, 5.74) is 2.90. The molecular weight excluding hydrogens is 228 g/mol. The summed E-state index contributed by atoms with van der Waals surface area (Å²) < 4.78 is 10.8. The molecule has 1 aromatic carbocycles. The zero-order chi connectivity index (χ0) is 12.5. The molecule has 0 radical (unpaired) electrons. The second-order valence-corrected chi connectivity index (χ2v) is 4.65. The highest BCUT2D eigenvalue weighted by Crippen LogP contribution is 2.31. The number of aryl methyl sites for hydroxylation is 2. The SMILES string of the molecule is Cc1occc1C(O)c1ccc2c(c1)CCCO2. The molecule has 0 amide bonds. The first kappa shape index (κ1) is 11.4. The molecule has 0 fully saturated rings. The van der Waals surface area contributed by atoms with E-state index in [-0.39, 0.29) is 0 Å². The van der Waals surface area contributed by atoms with Gasteiger partial charge in [-0.1, -0.05) is 6.07 Å². The minimum atomic E-state index is -0.629. The average Bonchev–Trinajstić information content (AvgIpc) is 2.83. The second kappa shape index (κ2) is 4.50. The van der Waals surface area contributed by atoms with E-state index in [4.69, 9.17) is 9.15 Å². The van der Waals surface area contributed by atoms with E-state index in [0.717, 1.165) is 42.1 Å². The standard InChI is InChI=1S/C15H16O3/c1-10-13(6-8-17-10)15(16)12-4-5-14-11(9-12)3-2-7-18-14/h4-6,8-9,15-16H,2-3,7H2,1H3. The van der Waals surface area contributed by atoms with Gasteiger partial charge < -0.3 is 14.3 Å². The number of benzene rings is 1. The molecule has 0 aliphatic carbocycles. The van der Waals surface area contributed by atoms with E-state index >= 15 is 0 Å². The molecule has 3 rings (SSSR count). The predicted molar refractivity (Wildman–Crippen MR) is 67.8 cm³/mol. The smallest absolute Gasteiger partial charge is 0.122 e. The summed E-state index contributed by atoms with van der Waals surface area (Å²) in [5.74, 6) is 1.71. The Bertz CT molecular complexity index is 557. The minimum Gasteiger partial charge on any atom is -0.493 e. The lowest BCUT2D eigenvalue weighted by Crippen LogP contribution is -2.09. The number of ether oxygens (including phenoxy) is 1. The maximum Gasteiger partial charge on any atom is 0.122 e. The topological polar surface area (TPSA) is 42.6 Å². The summed E-state index contributed by atoms with van der Waals surface area (Å²) >= 11 is 0. The Balaban J connectivity index is 1.95. The van der Waals surface area contributed by atoms with Gasteiger partial charge in [-0.25, -0.2) is 0 Å². The Labute approximate surface area is 106 Å². The third kappa shape index (κ3) is 1.91. The Hall–Kier alpha value is -1.74. The lowest BCUT2D eigenvalue weighted by atomic mass is 9.97. The summed E-state index contributed by atoms with van der Waals surface area (Å²) in [6.07, 6.45) is 3.03. The van der Waals surface area contributed by atoms with E-state index in [1.54, 1.807) is 6.26 Å². The molecule has 2 aromatic rings. The number of fused-ring (bicyclic) bond motifs is 1. The second-order valence-electron chi connectivity index (χ2n) is 4.65. The monoisotopic (exact) mass is 244 g/mol. The van der Waals surface area contributed by atoms with Crippen molar-refractivity contribution in [3.63, 3.8) is 0 Å². The number of aliphatic hydroxyl groups is 1. The molecule has 2 heterocycles. The molecule has 0 bridgehead atoms. The molecule has 18 heavy (non-hydrogen) atoms. The van der Waals surface area contributed by atoms with Gasteiger partial charge in [-0.15, -0.1) is 0 Å². The van der Waals surface area contributed by atoms with E-state index < -0.39 is 6.10 Å². The fourth-order valence-electron chi connectivity index (χ4n) is 2.41. The summed E-state index contributed by atoms with van der Waals surface area (Å²) in [4.78, 5) is 0. The van der Waals surface area contributed by atoms with Crippen molar-refractivity contribution in [1.82, 2.24) is 0 Å². The van der Waals surface area contributed by atoms with E-state index in [0.29, 0.717) is 0 Å². The Kier molecular flexibility index (Phi) is 2.84. The highest BCUT2D eigenvalue weighted by Gasteiger charge is 2.18.